The molecule has 2 aromatic rings. The van der Waals surface area contributed by atoms with Crippen LogP contribution in [0, 0.1) is 18.8 Å². The average molecular weight is 299 g/mol. The van der Waals surface area contributed by atoms with Crippen molar-refractivity contribution in [3.05, 3.63) is 64.2 Å². The third-order valence-electron chi connectivity index (χ3n) is 2.98. The van der Waals surface area contributed by atoms with Gasteiger partial charge < -0.3 is 11.1 Å². The Labute approximate surface area is 129 Å². The summed E-state index contributed by atoms with van der Waals surface area (Å²) in [5.41, 5.74) is 8.18. The van der Waals surface area contributed by atoms with Crippen LogP contribution in [-0.2, 0) is 0 Å². The maximum absolute atomic E-state index is 12.3. The van der Waals surface area contributed by atoms with Crippen molar-refractivity contribution in [3.63, 3.8) is 0 Å². The molecule has 2 aromatic carbocycles. The Bertz CT molecular complexity index is 729. The molecule has 0 aliphatic rings. The number of nitrogens with one attached hydrogen (secondary N) is 1. The molecule has 0 fully saturated rings. The van der Waals surface area contributed by atoms with Crippen LogP contribution in [-0.4, -0.2) is 12.5 Å². The Kier molecular flexibility index (Phi) is 4.99. The fraction of sp³-hybridized carbons (Fsp3) is 0.118. The number of anilines is 1. The summed E-state index contributed by atoms with van der Waals surface area (Å²) in [5, 5.41) is 3.48. The summed E-state index contributed by atoms with van der Waals surface area (Å²) in [6.07, 6.45) is 0. The van der Waals surface area contributed by atoms with Crippen LogP contribution in [0.2, 0.25) is 5.02 Å². The van der Waals surface area contributed by atoms with Crippen molar-refractivity contribution in [2.45, 2.75) is 6.92 Å². The van der Waals surface area contributed by atoms with Crippen LogP contribution in [0.4, 0.5) is 5.69 Å². The number of carbonyl (C=O) groups is 1. The topological polar surface area (TPSA) is 55.1 Å². The van der Waals surface area contributed by atoms with Gasteiger partial charge in [0.2, 0.25) is 0 Å². The lowest BCUT2D eigenvalue weighted by Crippen LogP contribution is -2.13. The van der Waals surface area contributed by atoms with Crippen LogP contribution in [0.1, 0.15) is 21.5 Å². The zero-order chi connectivity index (χ0) is 15.2. The molecule has 1 amide bonds. The largest absolute Gasteiger partial charge is 0.322 e. The monoisotopic (exact) mass is 298 g/mol. The van der Waals surface area contributed by atoms with E-state index in [2.05, 4.69) is 17.2 Å². The Balaban J connectivity index is 2.22. The lowest BCUT2D eigenvalue weighted by atomic mass is 10.1. The molecule has 3 nitrogen and oxygen atoms in total. The van der Waals surface area contributed by atoms with Crippen molar-refractivity contribution in [3.8, 4) is 11.8 Å². The fourth-order valence-corrected chi connectivity index (χ4v) is 2.00. The van der Waals surface area contributed by atoms with Crippen LogP contribution in [0.15, 0.2) is 42.5 Å². The molecule has 0 saturated carbocycles. The molecule has 0 aliphatic carbocycles. The summed E-state index contributed by atoms with van der Waals surface area (Å²) in [6.45, 7) is 2.15. The number of benzene rings is 2. The van der Waals surface area contributed by atoms with E-state index in [1.54, 1.807) is 30.3 Å². The quantitative estimate of drug-likeness (QED) is 0.837. The van der Waals surface area contributed by atoms with Crippen molar-refractivity contribution in [1.29, 1.82) is 0 Å². The molecule has 0 unspecified atom stereocenters. The maximum Gasteiger partial charge on any atom is 0.255 e. The van der Waals surface area contributed by atoms with Crippen molar-refractivity contribution < 1.29 is 4.79 Å². The van der Waals surface area contributed by atoms with E-state index in [4.69, 9.17) is 17.3 Å². The number of amides is 1. The number of halogens is 1. The average Bonchev–Trinajstić information content (AvgIpc) is 2.50. The molecule has 4 heteroatoms. The van der Waals surface area contributed by atoms with E-state index >= 15 is 0 Å². The van der Waals surface area contributed by atoms with Crippen LogP contribution in [0.3, 0.4) is 0 Å². The minimum absolute atomic E-state index is 0.197. The zero-order valence-electron chi connectivity index (χ0n) is 11.6. The first-order chi connectivity index (χ1) is 10.1. The SMILES string of the molecule is Cc1c(Cl)cccc1NC(=O)c1cccc(C#CCN)c1. The lowest BCUT2D eigenvalue weighted by Gasteiger charge is -2.09. The molecule has 3 N–H and O–H groups in total. The Hall–Kier alpha value is -2.28. The standard InChI is InChI=1S/C17H15ClN2O/c1-12-15(18)8-3-9-16(12)20-17(21)14-7-2-5-13(11-14)6-4-10-19/h2-3,5,7-9,11H,10,19H2,1H3,(H,20,21). The molecule has 0 bridgehead atoms. The van der Waals surface area contributed by atoms with Crippen LogP contribution >= 0.6 is 11.6 Å². The number of nitrogens with two attached hydrogens (primary N) is 1. The molecule has 2 rings (SSSR count). The second kappa shape index (κ2) is 6.94. The summed E-state index contributed by atoms with van der Waals surface area (Å²) in [7, 11) is 0. The summed E-state index contributed by atoms with van der Waals surface area (Å²) in [6, 6.07) is 12.5. The minimum atomic E-state index is -0.197. The van der Waals surface area contributed by atoms with Gasteiger partial charge in [-0.3, -0.25) is 4.79 Å². The van der Waals surface area contributed by atoms with Gasteiger partial charge in [0.1, 0.15) is 0 Å². The zero-order valence-corrected chi connectivity index (χ0v) is 12.4. The summed E-state index contributed by atoms with van der Waals surface area (Å²) >= 11 is 6.04. The predicted molar refractivity (Wildman–Crippen MR) is 86.5 cm³/mol. The first kappa shape index (κ1) is 15.1. The van der Waals surface area contributed by atoms with Crippen LogP contribution in [0.25, 0.3) is 0 Å². The number of rotatable bonds is 2. The van der Waals surface area contributed by atoms with Gasteiger partial charge in [0.05, 0.1) is 6.54 Å². The van der Waals surface area contributed by atoms with Gasteiger partial charge in [0.25, 0.3) is 5.91 Å². The van der Waals surface area contributed by atoms with E-state index in [1.165, 1.54) is 0 Å². The van der Waals surface area contributed by atoms with Crippen molar-refractivity contribution >= 4 is 23.2 Å². The Morgan fingerprint density at radius 2 is 2.05 bits per heavy atom. The van der Waals surface area contributed by atoms with Crippen molar-refractivity contribution in [2.24, 2.45) is 5.73 Å². The highest BCUT2D eigenvalue weighted by atomic mass is 35.5. The van der Waals surface area contributed by atoms with Gasteiger partial charge in [0, 0.05) is 21.8 Å². The molecule has 0 atom stereocenters. The van der Waals surface area contributed by atoms with Gasteiger partial charge in [-0.05, 0) is 42.8 Å². The molecule has 0 saturated heterocycles. The highest BCUT2D eigenvalue weighted by Gasteiger charge is 2.09. The van der Waals surface area contributed by atoms with Gasteiger partial charge in [-0.25, -0.2) is 0 Å². The van der Waals surface area contributed by atoms with Gasteiger partial charge in [-0.15, -0.1) is 0 Å². The predicted octanol–water partition coefficient (Wildman–Crippen LogP) is 3.21. The van der Waals surface area contributed by atoms with Crippen molar-refractivity contribution in [2.75, 3.05) is 11.9 Å². The van der Waals surface area contributed by atoms with Crippen LogP contribution < -0.4 is 11.1 Å². The van der Waals surface area contributed by atoms with Gasteiger partial charge in [0.15, 0.2) is 0 Å². The van der Waals surface area contributed by atoms with Crippen molar-refractivity contribution in [1.82, 2.24) is 0 Å². The van der Waals surface area contributed by atoms with E-state index in [0.29, 0.717) is 16.3 Å². The molecule has 106 valence electrons. The summed E-state index contributed by atoms with van der Waals surface area (Å²) in [4.78, 5) is 12.3. The van der Waals surface area contributed by atoms with E-state index in [0.717, 1.165) is 11.1 Å². The van der Waals surface area contributed by atoms with E-state index < -0.39 is 0 Å². The Morgan fingerprint density at radius 3 is 2.81 bits per heavy atom. The second-order valence-electron chi connectivity index (χ2n) is 4.45. The molecule has 0 heterocycles. The van der Waals surface area contributed by atoms with E-state index in [9.17, 15) is 4.79 Å². The van der Waals surface area contributed by atoms with E-state index in [-0.39, 0.29) is 12.5 Å². The smallest absolute Gasteiger partial charge is 0.255 e. The third-order valence-corrected chi connectivity index (χ3v) is 3.38. The van der Waals surface area contributed by atoms with E-state index in [1.807, 2.05) is 19.1 Å². The molecule has 0 radical (unpaired) electrons. The summed E-state index contributed by atoms with van der Waals surface area (Å²) < 4.78 is 0. The first-order valence-electron chi connectivity index (χ1n) is 6.47. The van der Waals surface area contributed by atoms with Gasteiger partial charge in [-0.2, -0.15) is 0 Å². The minimum Gasteiger partial charge on any atom is -0.322 e. The van der Waals surface area contributed by atoms with Gasteiger partial charge in [-0.1, -0.05) is 35.6 Å². The maximum atomic E-state index is 12.3. The fourth-order valence-electron chi connectivity index (χ4n) is 1.83. The highest BCUT2D eigenvalue weighted by Crippen LogP contribution is 2.23. The molecular formula is C17H15ClN2O. The molecular weight excluding hydrogens is 284 g/mol. The first-order valence-corrected chi connectivity index (χ1v) is 6.85. The molecule has 0 aliphatic heterocycles. The molecule has 0 aromatic heterocycles. The van der Waals surface area contributed by atoms with Crippen LogP contribution in [0.5, 0.6) is 0 Å². The Morgan fingerprint density at radius 1 is 1.29 bits per heavy atom. The number of hydrogen-bond donors (Lipinski definition) is 2. The second-order valence-corrected chi connectivity index (χ2v) is 4.86. The highest BCUT2D eigenvalue weighted by molar-refractivity contribution is 6.31. The third kappa shape index (κ3) is 3.85. The van der Waals surface area contributed by atoms with Gasteiger partial charge >= 0.3 is 0 Å². The number of hydrogen-bond acceptors (Lipinski definition) is 2. The normalized spacial score (nSPS) is 9.67. The molecule has 0 spiro atoms. The molecule has 21 heavy (non-hydrogen) atoms. The summed E-state index contributed by atoms with van der Waals surface area (Å²) in [5.74, 6) is 5.48. The number of carbonyl (C=O) groups excluding carboxylic acids is 1. The lowest BCUT2D eigenvalue weighted by molar-refractivity contribution is 0.102.